The first-order valence-electron chi connectivity index (χ1n) is 4.53. The average molecular weight is 260 g/mol. The number of halogens is 2. The van der Waals surface area contributed by atoms with Gasteiger partial charge in [0.05, 0.1) is 6.61 Å². The quantitative estimate of drug-likeness (QED) is 0.899. The summed E-state index contributed by atoms with van der Waals surface area (Å²) >= 11 is 3.22. The second-order valence-electron chi connectivity index (χ2n) is 3.44. The minimum Gasteiger partial charge on any atom is -0.493 e. The van der Waals surface area contributed by atoms with E-state index in [4.69, 9.17) is 4.74 Å². The van der Waals surface area contributed by atoms with Gasteiger partial charge in [-0.3, -0.25) is 0 Å². The van der Waals surface area contributed by atoms with Gasteiger partial charge in [-0.05, 0) is 12.1 Å². The Bertz CT molecular complexity index is 308. The van der Waals surface area contributed by atoms with E-state index < -0.39 is 0 Å². The molecular weight excluding hydrogens is 249 g/mol. The van der Waals surface area contributed by atoms with Crippen LogP contribution in [0.15, 0.2) is 22.7 Å². The van der Waals surface area contributed by atoms with Gasteiger partial charge in [-0.1, -0.05) is 15.9 Å². The zero-order valence-corrected chi connectivity index (χ0v) is 9.18. The van der Waals surface area contributed by atoms with Crippen LogP contribution in [0, 0.1) is 11.7 Å². The first-order chi connectivity index (χ1) is 6.74. The molecule has 1 aliphatic heterocycles. The maximum absolute atomic E-state index is 12.9. The summed E-state index contributed by atoms with van der Waals surface area (Å²) in [5.74, 6) is 0.877. The fourth-order valence-corrected chi connectivity index (χ4v) is 1.74. The van der Waals surface area contributed by atoms with Gasteiger partial charge in [-0.2, -0.15) is 0 Å². The van der Waals surface area contributed by atoms with Crippen LogP contribution in [-0.2, 0) is 0 Å². The minimum atomic E-state index is -0.277. The van der Waals surface area contributed by atoms with Crippen LogP contribution in [0.1, 0.15) is 0 Å². The molecule has 14 heavy (non-hydrogen) atoms. The number of benzene rings is 1. The van der Waals surface area contributed by atoms with E-state index in [1.807, 2.05) is 0 Å². The second kappa shape index (κ2) is 4.28. The minimum absolute atomic E-state index is 0.277. The third-order valence-electron chi connectivity index (χ3n) is 2.19. The van der Waals surface area contributed by atoms with Crippen LogP contribution in [0.5, 0.6) is 5.75 Å². The zero-order chi connectivity index (χ0) is 9.97. The summed E-state index contributed by atoms with van der Waals surface area (Å²) < 4.78 is 19.1. The number of hydrogen-bond acceptors (Lipinski definition) is 2. The lowest BCUT2D eigenvalue weighted by Gasteiger charge is -2.26. The molecule has 2 nitrogen and oxygen atoms in total. The van der Waals surface area contributed by atoms with Crippen LogP contribution < -0.4 is 10.1 Å². The van der Waals surface area contributed by atoms with Gasteiger partial charge in [0.2, 0.25) is 0 Å². The van der Waals surface area contributed by atoms with Crippen molar-refractivity contribution in [3.63, 3.8) is 0 Å². The lowest BCUT2D eigenvalue weighted by molar-refractivity contribution is 0.198. The van der Waals surface area contributed by atoms with E-state index in [0.29, 0.717) is 22.7 Å². The topological polar surface area (TPSA) is 21.3 Å². The molecule has 0 atom stereocenters. The Kier molecular flexibility index (Phi) is 3.03. The fourth-order valence-electron chi connectivity index (χ4n) is 1.29. The summed E-state index contributed by atoms with van der Waals surface area (Å²) in [7, 11) is 0. The summed E-state index contributed by atoms with van der Waals surface area (Å²) in [6.07, 6.45) is 0. The Hall–Kier alpha value is -0.610. The number of ether oxygens (including phenoxy) is 1. The lowest BCUT2D eigenvalue weighted by atomic mass is 10.1. The molecule has 0 radical (unpaired) electrons. The van der Waals surface area contributed by atoms with Gasteiger partial charge >= 0.3 is 0 Å². The summed E-state index contributed by atoms with van der Waals surface area (Å²) in [6.45, 7) is 2.65. The molecule has 0 amide bonds. The molecule has 0 spiro atoms. The molecule has 1 saturated heterocycles. The molecule has 0 unspecified atom stereocenters. The Labute approximate surface area is 90.6 Å². The largest absolute Gasteiger partial charge is 0.493 e. The van der Waals surface area contributed by atoms with E-state index >= 15 is 0 Å². The first kappa shape index (κ1) is 9.93. The van der Waals surface area contributed by atoms with E-state index in [9.17, 15) is 4.39 Å². The summed E-state index contributed by atoms with van der Waals surface area (Å²) in [4.78, 5) is 0. The Morgan fingerprint density at radius 1 is 1.43 bits per heavy atom. The zero-order valence-electron chi connectivity index (χ0n) is 7.59. The highest BCUT2D eigenvalue weighted by atomic mass is 79.9. The van der Waals surface area contributed by atoms with Crippen molar-refractivity contribution in [2.75, 3.05) is 19.7 Å². The van der Waals surface area contributed by atoms with Gasteiger partial charge in [0, 0.05) is 29.5 Å². The van der Waals surface area contributed by atoms with Crippen LogP contribution in [0.25, 0.3) is 0 Å². The van der Waals surface area contributed by atoms with E-state index in [2.05, 4.69) is 21.2 Å². The van der Waals surface area contributed by atoms with Gasteiger partial charge < -0.3 is 10.1 Å². The van der Waals surface area contributed by atoms with Gasteiger partial charge in [-0.25, -0.2) is 4.39 Å². The molecule has 0 bridgehead atoms. The maximum atomic E-state index is 12.9. The number of nitrogens with one attached hydrogen (secondary N) is 1. The van der Waals surface area contributed by atoms with Crippen LogP contribution in [-0.4, -0.2) is 19.7 Å². The van der Waals surface area contributed by atoms with E-state index in [-0.39, 0.29) is 5.82 Å². The van der Waals surface area contributed by atoms with E-state index in [1.165, 1.54) is 12.1 Å². The van der Waals surface area contributed by atoms with Crippen molar-refractivity contribution in [3.8, 4) is 5.75 Å². The molecule has 4 heteroatoms. The molecule has 0 aliphatic carbocycles. The second-order valence-corrected chi connectivity index (χ2v) is 4.36. The lowest BCUT2D eigenvalue weighted by Crippen LogP contribution is -2.45. The molecule has 76 valence electrons. The standard InChI is InChI=1S/C10H11BrFNO/c11-8-1-9(12)3-10(2-8)14-6-7-4-13-5-7/h1-3,7,13H,4-6H2. The SMILES string of the molecule is Fc1cc(Br)cc(OCC2CNC2)c1. The smallest absolute Gasteiger partial charge is 0.128 e. The van der Waals surface area contributed by atoms with E-state index in [1.54, 1.807) is 6.07 Å². The Balaban J connectivity index is 1.94. The normalized spacial score (nSPS) is 16.4. The Morgan fingerprint density at radius 2 is 2.21 bits per heavy atom. The third kappa shape index (κ3) is 2.45. The molecule has 0 aromatic heterocycles. The number of hydrogen-bond donors (Lipinski definition) is 1. The van der Waals surface area contributed by atoms with Crippen molar-refractivity contribution in [3.05, 3.63) is 28.5 Å². The summed E-state index contributed by atoms with van der Waals surface area (Å²) in [6, 6.07) is 4.59. The monoisotopic (exact) mass is 259 g/mol. The van der Waals surface area contributed by atoms with Crippen LogP contribution >= 0.6 is 15.9 Å². The van der Waals surface area contributed by atoms with Crippen LogP contribution in [0.3, 0.4) is 0 Å². The predicted molar refractivity (Wildman–Crippen MR) is 56.0 cm³/mol. The highest BCUT2D eigenvalue weighted by Gasteiger charge is 2.17. The summed E-state index contributed by atoms with van der Waals surface area (Å²) in [5.41, 5.74) is 0. The molecule has 1 heterocycles. The summed E-state index contributed by atoms with van der Waals surface area (Å²) in [5, 5.41) is 3.16. The van der Waals surface area contributed by atoms with Crippen LogP contribution in [0.4, 0.5) is 4.39 Å². The molecule has 1 fully saturated rings. The van der Waals surface area contributed by atoms with Gasteiger partial charge in [0.15, 0.2) is 0 Å². The number of rotatable bonds is 3. The molecule has 1 aromatic rings. The van der Waals surface area contributed by atoms with Gasteiger partial charge in [0.25, 0.3) is 0 Å². The first-order valence-corrected chi connectivity index (χ1v) is 5.33. The highest BCUT2D eigenvalue weighted by Crippen LogP contribution is 2.21. The molecular formula is C10H11BrFNO. The van der Waals surface area contributed by atoms with Crippen LogP contribution in [0.2, 0.25) is 0 Å². The molecule has 1 aliphatic rings. The van der Waals surface area contributed by atoms with Gasteiger partial charge in [-0.15, -0.1) is 0 Å². The average Bonchev–Trinajstić information content (AvgIpc) is 1.99. The van der Waals surface area contributed by atoms with Crippen molar-refractivity contribution >= 4 is 15.9 Å². The van der Waals surface area contributed by atoms with Crippen molar-refractivity contribution in [1.29, 1.82) is 0 Å². The van der Waals surface area contributed by atoms with Crippen molar-refractivity contribution in [2.24, 2.45) is 5.92 Å². The maximum Gasteiger partial charge on any atom is 0.128 e. The highest BCUT2D eigenvalue weighted by molar-refractivity contribution is 9.10. The fraction of sp³-hybridized carbons (Fsp3) is 0.400. The molecule has 2 rings (SSSR count). The van der Waals surface area contributed by atoms with Gasteiger partial charge in [0.1, 0.15) is 11.6 Å². The molecule has 0 saturated carbocycles. The third-order valence-corrected chi connectivity index (χ3v) is 2.65. The van der Waals surface area contributed by atoms with Crippen molar-refractivity contribution in [1.82, 2.24) is 5.32 Å². The van der Waals surface area contributed by atoms with Crippen molar-refractivity contribution in [2.45, 2.75) is 0 Å². The van der Waals surface area contributed by atoms with E-state index in [0.717, 1.165) is 13.1 Å². The predicted octanol–water partition coefficient (Wildman–Crippen LogP) is 2.19. The Morgan fingerprint density at radius 3 is 2.79 bits per heavy atom. The van der Waals surface area contributed by atoms with Crippen molar-refractivity contribution < 1.29 is 9.13 Å². The molecule has 1 aromatic carbocycles. The molecule has 1 N–H and O–H groups in total.